The second-order valence-corrected chi connectivity index (χ2v) is 7.26. The molecule has 9 heteroatoms. The summed E-state index contributed by atoms with van der Waals surface area (Å²) in [5, 5.41) is 0.738. The van der Waals surface area contributed by atoms with Crippen LogP contribution in [0.25, 0.3) is 10.9 Å². The van der Waals surface area contributed by atoms with Crippen molar-refractivity contribution in [3.8, 4) is 0 Å². The van der Waals surface area contributed by atoms with Crippen LogP contribution in [-0.4, -0.2) is 52.8 Å². The summed E-state index contributed by atoms with van der Waals surface area (Å²) in [5.41, 5.74) is -0.483. The number of fused-ring (bicyclic) bond motifs is 1. The molecule has 1 aliphatic rings. The standard InChI is InChI=1S/C22H18F3N3O3/c23-22(24,25)16-7-5-14(6-8-16)20(30)27-9-11-28(12-10-27)21(31)17-13-15-3-1-2-4-18(15)26-19(17)29/h1-8,13H,9-12H2,(H,26,29). The van der Waals surface area contributed by atoms with Gasteiger partial charge < -0.3 is 14.8 Å². The predicted octanol–water partition coefficient (Wildman–Crippen LogP) is 3.15. The van der Waals surface area contributed by atoms with E-state index in [4.69, 9.17) is 0 Å². The highest BCUT2D eigenvalue weighted by Gasteiger charge is 2.31. The molecule has 0 unspecified atom stereocenters. The van der Waals surface area contributed by atoms with Crippen LogP contribution in [-0.2, 0) is 6.18 Å². The highest BCUT2D eigenvalue weighted by molar-refractivity contribution is 5.98. The molecule has 1 aliphatic heterocycles. The minimum absolute atomic E-state index is 0.0289. The van der Waals surface area contributed by atoms with Crippen LogP contribution in [0.1, 0.15) is 26.3 Å². The number of hydrogen-bond donors (Lipinski definition) is 1. The van der Waals surface area contributed by atoms with E-state index in [1.54, 1.807) is 30.3 Å². The molecule has 0 atom stereocenters. The minimum atomic E-state index is -4.46. The number of rotatable bonds is 2. The highest BCUT2D eigenvalue weighted by Crippen LogP contribution is 2.29. The van der Waals surface area contributed by atoms with Crippen molar-refractivity contribution in [3.05, 3.63) is 81.6 Å². The largest absolute Gasteiger partial charge is 0.416 e. The molecule has 0 radical (unpaired) electrons. The summed E-state index contributed by atoms with van der Waals surface area (Å²) in [6.45, 7) is 0.878. The monoisotopic (exact) mass is 429 g/mol. The Morgan fingerprint density at radius 3 is 2.03 bits per heavy atom. The number of nitrogens with zero attached hydrogens (tertiary/aromatic N) is 2. The Morgan fingerprint density at radius 1 is 0.839 bits per heavy atom. The summed E-state index contributed by atoms with van der Waals surface area (Å²) >= 11 is 0. The lowest BCUT2D eigenvalue weighted by molar-refractivity contribution is -0.137. The number of halogens is 3. The maximum absolute atomic E-state index is 12.8. The zero-order valence-corrected chi connectivity index (χ0v) is 16.3. The SMILES string of the molecule is O=C(c1ccc(C(F)(F)F)cc1)N1CCN(C(=O)c2cc3ccccc3[nH]c2=O)CC1. The van der Waals surface area contributed by atoms with Crippen LogP contribution in [0.3, 0.4) is 0 Å². The number of piperazine rings is 1. The van der Waals surface area contributed by atoms with Gasteiger partial charge in [0.1, 0.15) is 5.56 Å². The summed E-state index contributed by atoms with van der Waals surface area (Å²) in [5.74, 6) is -0.821. The van der Waals surface area contributed by atoms with Gasteiger partial charge in [0.15, 0.2) is 0 Å². The van der Waals surface area contributed by atoms with Crippen LogP contribution < -0.4 is 5.56 Å². The molecule has 1 aromatic heterocycles. The molecule has 1 saturated heterocycles. The van der Waals surface area contributed by atoms with Gasteiger partial charge in [-0.05, 0) is 41.8 Å². The average Bonchev–Trinajstić information content (AvgIpc) is 2.77. The van der Waals surface area contributed by atoms with Crippen LogP contribution in [0.2, 0.25) is 0 Å². The Kier molecular flexibility index (Phi) is 5.26. The van der Waals surface area contributed by atoms with Gasteiger partial charge in [0, 0.05) is 37.3 Å². The Labute approximate surface area is 174 Å². The third-order valence-corrected chi connectivity index (χ3v) is 5.30. The summed E-state index contributed by atoms with van der Waals surface area (Å²) in [4.78, 5) is 43.4. The zero-order chi connectivity index (χ0) is 22.2. The quantitative estimate of drug-likeness (QED) is 0.680. The van der Waals surface area contributed by atoms with E-state index in [1.807, 2.05) is 0 Å². The molecule has 2 aromatic carbocycles. The number of hydrogen-bond acceptors (Lipinski definition) is 3. The summed E-state index contributed by atoms with van der Waals surface area (Å²) in [6, 6.07) is 12.7. The van der Waals surface area contributed by atoms with Gasteiger partial charge in [0.25, 0.3) is 17.4 Å². The number of carbonyl (C=O) groups is 2. The van der Waals surface area contributed by atoms with Crippen molar-refractivity contribution in [2.45, 2.75) is 6.18 Å². The average molecular weight is 429 g/mol. The van der Waals surface area contributed by atoms with Gasteiger partial charge in [-0.15, -0.1) is 0 Å². The number of benzene rings is 2. The summed E-state index contributed by atoms with van der Waals surface area (Å²) < 4.78 is 38.1. The molecule has 0 spiro atoms. The number of nitrogens with one attached hydrogen (secondary N) is 1. The predicted molar refractivity (Wildman–Crippen MR) is 108 cm³/mol. The molecule has 4 rings (SSSR count). The second kappa shape index (κ2) is 7.90. The van der Waals surface area contributed by atoms with E-state index in [0.717, 1.165) is 29.7 Å². The van der Waals surface area contributed by atoms with Crippen LogP contribution in [0.15, 0.2) is 59.4 Å². The van der Waals surface area contributed by atoms with Crippen LogP contribution in [0.4, 0.5) is 13.2 Å². The van der Waals surface area contributed by atoms with Crippen molar-refractivity contribution in [2.75, 3.05) is 26.2 Å². The first-order valence-corrected chi connectivity index (χ1v) is 9.62. The molecule has 0 aliphatic carbocycles. The molecular weight excluding hydrogens is 411 g/mol. The van der Waals surface area contributed by atoms with E-state index >= 15 is 0 Å². The van der Waals surface area contributed by atoms with Gasteiger partial charge in [-0.2, -0.15) is 13.2 Å². The van der Waals surface area contributed by atoms with Crippen LogP contribution >= 0.6 is 0 Å². The van der Waals surface area contributed by atoms with E-state index < -0.39 is 29.1 Å². The lowest BCUT2D eigenvalue weighted by Gasteiger charge is -2.34. The first kappa shape index (κ1) is 20.6. The van der Waals surface area contributed by atoms with E-state index in [1.165, 1.54) is 9.80 Å². The van der Waals surface area contributed by atoms with Gasteiger partial charge >= 0.3 is 6.18 Å². The molecule has 0 saturated carbocycles. The molecule has 160 valence electrons. The minimum Gasteiger partial charge on any atom is -0.335 e. The molecule has 1 N–H and O–H groups in total. The fourth-order valence-electron chi connectivity index (χ4n) is 3.57. The van der Waals surface area contributed by atoms with Gasteiger partial charge in [-0.1, -0.05) is 18.2 Å². The van der Waals surface area contributed by atoms with E-state index in [2.05, 4.69) is 4.98 Å². The Hall–Kier alpha value is -3.62. The maximum atomic E-state index is 12.8. The topological polar surface area (TPSA) is 73.5 Å². The molecule has 2 amide bonds. The molecule has 2 heterocycles. The van der Waals surface area contributed by atoms with E-state index in [-0.39, 0.29) is 37.3 Å². The molecule has 3 aromatic rings. The van der Waals surface area contributed by atoms with Crippen molar-refractivity contribution in [3.63, 3.8) is 0 Å². The number of amides is 2. The van der Waals surface area contributed by atoms with Crippen LogP contribution in [0.5, 0.6) is 0 Å². The first-order valence-electron chi connectivity index (χ1n) is 9.62. The number of carbonyl (C=O) groups excluding carboxylic acids is 2. The zero-order valence-electron chi connectivity index (χ0n) is 16.3. The number of alkyl halides is 3. The van der Waals surface area contributed by atoms with Crippen molar-refractivity contribution >= 4 is 22.7 Å². The van der Waals surface area contributed by atoms with E-state index in [0.29, 0.717) is 5.52 Å². The van der Waals surface area contributed by atoms with Gasteiger partial charge in [0.2, 0.25) is 0 Å². The molecule has 1 fully saturated rings. The van der Waals surface area contributed by atoms with Gasteiger partial charge in [0.05, 0.1) is 5.56 Å². The normalized spacial score (nSPS) is 14.7. The number of pyridine rings is 1. The number of aromatic amines is 1. The van der Waals surface area contributed by atoms with Crippen molar-refractivity contribution in [1.82, 2.24) is 14.8 Å². The fourth-order valence-corrected chi connectivity index (χ4v) is 3.57. The smallest absolute Gasteiger partial charge is 0.335 e. The second-order valence-electron chi connectivity index (χ2n) is 7.26. The Bertz CT molecular complexity index is 1190. The molecular formula is C22H18F3N3O3. The third-order valence-electron chi connectivity index (χ3n) is 5.30. The number of aromatic nitrogens is 1. The fraction of sp³-hybridized carbons (Fsp3) is 0.227. The van der Waals surface area contributed by atoms with Crippen molar-refractivity contribution in [2.24, 2.45) is 0 Å². The molecule has 31 heavy (non-hydrogen) atoms. The number of H-pyrrole nitrogens is 1. The maximum Gasteiger partial charge on any atom is 0.416 e. The molecule has 6 nitrogen and oxygen atoms in total. The van der Waals surface area contributed by atoms with Crippen LogP contribution in [0, 0.1) is 0 Å². The highest BCUT2D eigenvalue weighted by atomic mass is 19.4. The number of para-hydroxylation sites is 1. The van der Waals surface area contributed by atoms with Crippen molar-refractivity contribution in [1.29, 1.82) is 0 Å². The van der Waals surface area contributed by atoms with Gasteiger partial charge in [-0.25, -0.2) is 0 Å². The summed E-state index contributed by atoms with van der Waals surface area (Å²) in [6.07, 6.45) is -4.46. The molecule has 0 bridgehead atoms. The third kappa shape index (κ3) is 4.16. The first-order chi connectivity index (χ1) is 14.7. The lowest BCUT2D eigenvalue weighted by Crippen LogP contribution is -2.51. The Morgan fingerprint density at radius 2 is 1.42 bits per heavy atom. The van der Waals surface area contributed by atoms with Gasteiger partial charge in [-0.3, -0.25) is 14.4 Å². The van der Waals surface area contributed by atoms with Crippen molar-refractivity contribution < 1.29 is 22.8 Å². The van der Waals surface area contributed by atoms with E-state index in [9.17, 15) is 27.6 Å². The Balaban J connectivity index is 1.44. The lowest BCUT2D eigenvalue weighted by atomic mass is 10.1. The summed E-state index contributed by atoms with van der Waals surface area (Å²) in [7, 11) is 0.